The minimum Gasteiger partial charge on any atom is -0.326 e. The van der Waals surface area contributed by atoms with Crippen LogP contribution < -0.4 is 10.6 Å². The van der Waals surface area contributed by atoms with Gasteiger partial charge in [-0.2, -0.15) is 4.31 Å². The van der Waals surface area contributed by atoms with Crippen LogP contribution in [0, 0.1) is 0 Å². The number of piperazine rings is 1. The first-order valence-corrected chi connectivity index (χ1v) is 10.3. The van der Waals surface area contributed by atoms with Crippen LogP contribution in [0.3, 0.4) is 0 Å². The van der Waals surface area contributed by atoms with Crippen LogP contribution in [0.4, 0.5) is 5.69 Å². The molecule has 0 radical (unpaired) electrons. The van der Waals surface area contributed by atoms with E-state index in [1.165, 1.54) is 0 Å². The van der Waals surface area contributed by atoms with E-state index in [0.717, 1.165) is 32.6 Å². The van der Waals surface area contributed by atoms with Gasteiger partial charge in [0.25, 0.3) is 0 Å². The zero-order valence-electron chi connectivity index (χ0n) is 15.0. The maximum Gasteiger partial charge on any atom is 0.243 e. The van der Waals surface area contributed by atoms with Crippen molar-refractivity contribution in [2.45, 2.75) is 30.7 Å². The van der Waals surface area contributed by atoms with Crippen molar-refractivity contribution in [1.82, 2.24) is 14.5 Å². The molecule has 2 saturated heterocycles. The van der Waals surface area contributed by atoms with E-state index < -0.39 is 10.0 Å². The van der Waals surface area contributed by atoms with E-state index in [1.807, 2.05) is 0 Å². The van der Waals surface area contributed by atoms with Crippen molar-refractivity contribution in [3.05, 3.63) is 24.3 Å². The molecule has 0 aromatic heterocycles. The van der Waals surface area contributed by atoms with Crippen LogP contribution >= 0.6 is 12.4 Å². The van der Waals surface area contributed by atoms with Crippen LogP contribution in [-0.4, -0.2) is 68.8 Å². The first-order chi connectivity index (χ1) is 12.0. The Kier molecular flexibility index (Phi) is 7.42. The second kappa shape index (κ2) is 9.14. The number of hydrogen-bond acceptors (Lipinski definition) is 5. The van der Waals surface area contributed by atoms with E-state index in [9.17, 15) is 13.2 Å². The number of rotatable bonds is 5. The van der Waals surface area contributed by atoms with E-state index in [4.69, 9.17) is 0 Å². The third-order valence-electron chi connectivity index (χ3n) is 4.89. The first kappa shape index (κ1) is 21.1. The van der Waals surface area contributed by atoms with Crippen molar-refractivity contribution < 1.29 is 13.2 Å². The Labute approximate surface area is 161 Å². The summed E-state index contributed by atoms with van der Waals surface area (Å²) in [4.78, 5) is 14.1. The largest absolute Gasteiger partial charge is 0.326 e. The molecule has 2 heterocycles. The summed E-state index contributed by atoms with van der Waals surface area (Å²) in [6.45, 7) is 6.77. The highest BCUT2D eigenvalue weighted by molar-refractivity contribution is 7.89. The Morgan fingerprint density at radius 3 is 2.46 bits per heavy atom. The number of sulfonamides is 1. The first-order valence-electron chi connectivity index (χ1n) is 8.85. The van der Waals surface area contributed by atoms with Crippen molar-refractivity contribution >= 4 is 34.0 Å². The molecule has 2 fully saturated rings. The topological polar surface area (TPSA) is 81.8 Å². The molecule has 1 atom stereocenters. The SMILES string of the molecule is CCC(=O)Nc1ccc(S(=O)(=O)N2CCC(N3CCNCC3)C2)cc1.Cl. The standard InChI is InChI=1S/C17H26N4O3S.ClH/c1-2-17(22)19-14-3-5-16(6-4-14)25(23,24)21-10-7-15(13-21)20-11-8-18-9-12-20;/h3-6,15,18H,2,7-13H2,1H3,(H,19,22);1H. The van der Waals surface area contributed by atoms with Gasteiger partial charge in [-0.3, -0.25) is 9.69 Å². The van der Waals surface area contributed by atoms with Crippen molar-refractivity contribution in [3.8, 4) is 0 Å². The van der Waals surface area contributed by atoms with Crippen LogP contribution in [-0.2, 0) is 14.8 Å². The summed E-state index contributed by atoms with van der Waals surface area (Å²) in [5.41, 5.74) is 0.617. The van der Waals surface area contributed by atoms with Crippen LogP contribution in [0.25, 0.3) is 0 Å². The smallest absolute Gasteiger partial charge is 0.243 e. The van der Waals surface area contributed by atoms with Gasteiger partial charge in [0.05, 0.1) is 4.90 Å². The highest BCUT2D eigenvalue weighted by Crippen LogP contribution is 2.25. The van der Waals surface area contributed by atoms with Gasteiger partial charge in [-0.25, -0.2) is 8.42 Å². The van der Waals surface area contributed by atoms with Gasteiger partial charge in [0, 0.05) is 57.4 Å². The molecule has 3 rings (SSSR count). The Balaban J connectivity index is 0.00000243. The molecule has 0 bridgehead atoms. The molecule has 26 heavy (non-hydrogen) atoms. The van der Waals surface area contributed by atoms with Crippen molar-refractivity contribution in [2.75, 3.05) is 44.6 Å². The Morgan fingerprint density at radius 2 is 1.85 bits per heavy atom. The fourth-order valence-electron chi connectivity index (χ4n) is 3.38. The quantitative estimate of drug-likeness (QED) is 0.771. The Hall–Kier alpha value is -1.19. The zero-order valence-corrected chi connectivity index (χ0v) is 16.6. The van der Waals surface area contributed by atoms with Gasteiger partial charge in [-0.1, -0.05) is 6.92 Å². The van der Waals surface area contributed by atoms with Crippen LogP contribution in [0.1, 0.15) is 19.8 Å². The highest BCUT2D eigenvalue weighted by atomic mass is 35.5. The fourth-order valence-corrected chi connectivity index (χ4v) is 4.88. The second-order valence-corrected chi connectivity index (χ2v) is 8.46. The lowest BCUT2D eigenvalue weighted by atomic mass is 10.2. The van der Waals surface area contributed by atoms with Crippen molar-refractivity contribution in [1.29, 1.82) is 0 Å². The number of benzene rings is 1. The third kappa shape index (κ3) is 4.75. The normalized spacial score (nSPS) is 22.0. The molecule has 1 aromatic carbocycles. The van der Waals surface area contributed by atoms with E-state index in [0.29, 0.717) is 31.2 Å². The van der Waals surface area contributed by atoms with Crippen molar-refractivity contribution in [3.63, 3.8) is 0 Å². The van der Waals surface area contributed by atoms with Crippen molar-refractivity contribution in [2.24, 2.45) is 0 Å². The molecule has 0 aliphatic carbocycles. The maximum atomic E-state index is 12.9. The van der Waals surface area contributed by atoms with E-state index in [-0.39, 0.29) is 23.2 Å². The Morgan fingerprint density at radius 1 is 1.19 bits per heavy atom. The number of carbonyl (C=O) groups excluding carboxylic acids is 1. The number of amides is 1. The summed E-state index contributed by atoms with van der Waals surface area (Å²) in [6, 6.07) is 6.73. The van der Waals surface area contributed by atoms with Crippen LogP contribution in [0.15, 0.2) is 29.2 Å². The number of halogens is 1. The maximum absolute atomic E-state index is 12.9. The van der Waals surface area contributed by atoms with E-state index in [2.05, 4.69) is 15.5 Å². The van der Waals surface area contributed by atoms with Gasteiger partial charge >= 0.3 is 0 Å². The fraction of sp³-hybridized carbons (Fsp3) is 0.588. The highest BCUT2D eigenvalue weighted by Gasteiger charge is 2.35. The van der Waals surface area contributed by atoms with Gasteiger partial charge in [0.15, 0.2) is 0 Å². The summed E-state index contributed by atoms with van der Waals surface area (Å²) in [6.07, 6.45) is 1.27. The molecular weight excluding hydrogens is 376 g/mol. The van der Waals surface area contributed by atoms with E-state index in [1.54, 1.807) is 35.5 Å². The summed E-state index contributed by atoms with van der Waals surface area (Å²) in [7, 11) is -3.48. The molecule has 1 aromatic rings. The summed E-state index contributed by atoms with van der Waals surface area (Å²) >= 11 is 0. The predicted octanol–water partition coefficient (Wildman–Crippen LogP) is 1.13. The monoisotopic (exact) mass is 402 g/mol. The van der Waals surface area contributed by atoms with Gasteiger partial charge in [-0.05, 0) is 30.7 Å². The average Bonchev–Trinajstić information content (AvgIpc) is 3.14. The zero-order chi connectivity index (χ0) is 17.9. The molecule has 2 aliphatic heterocycles. The summed E-state index contributed by atoms with van der Waals surface area (Å²) < 4.78 is 27.3. The molecule has 1 amide bonds. The molecule has 7 nitrogen and oxygen atoms in total. The Bertz CT molecular complexity index is 705. The number of anilines is 1. The number of carbonyl (C=O) groups is 1. The second-order valence-electron chi connectivity index (χ2n) is 6.52. The molecule has 2 N–H and O–H groups in total. The number of hydrogen-bond donors (Lipinski definition) is 2. The van der Waals surface area contributed by atoms with Gasteiger partial charge in [-0.15, -0.1) is 12.4 Å². The molecule has 2 aliphatic rings. The van der Waals surface area contributed by atoms with Gasteiger partial charge in [0.1, 0.15) is 0 Å². The minimum atomic E-state index is -3.48. The number of nitrogens with one attached hydrogen (secondary N) is 2. The minimum absolute atomic E-state index is 0. The lowest BCUT2D eigenvalue weighted by Gasteiger charge is -2.32. The lowest BCUT2D eigenvalue weighted by molar-refractivity contribution is -0.115. The summed E-state index contributed by atoms with van der Waals surface area (Å²) in [5, 5.41) is 6.05. The third-order valence-corrected chi connectivity index (χ3v) is 6.77. The van der Waals surface area contributed by atoms with Gasteiger partial charge in [0.2, 0.25) is 15.9 Å². The van der Waals surface area contributed by atoms with Crippen LogP contribution in [0.2, 0.25) is 0 Å². The number of nitrogens with zero attached hydrogens (tertiary/aromatic N) is 2. The molecular formula is C17H27ClN4O3S. The molecule has 1 unspecified atom stereocenters. The molecule has 0 spiro atoms. The molecule has 0 saturated carbocycles. The average molecular weight is 403 g/mol. The van der Waals surface area contributed by atoms with Gasteiger partial charge < -0.3 is 10.6 Å². The molecule has 9 heteroatoms. The summed E-state index contributed by atoms with van der Waals surface area (Å²) in [5.74, 6) is -0.0889. The van der Waals surface area contributed by atoms with Crippen LogP contribution in [0.5, 0.6) is 0 Å². The molecule has 146 valence electrons. The predicted molar refractivity (Wildman–Crippen MR) is 104 cm³/mol. The van der Waals surface area contributed by atoms with E-state index >= 15 is 0 Å². The lowest BCUT2D eigenvalue weighted by Crippen LogP contribution is -2.49.